The number of halogens is 2. The van der Waals surface area contributed by atoms with Crippen molar-refractivity contribution in [2.45, 2.75) is 13.5 Å². The number of aryl methyl sites for hydroxylation is 1. The van der Waals surface area contributed by atoms with E-state index in [0.717, 1.165) is 16.7 Å². The van der Waals surface area contributed by atoms with Crippen molar-refractivity contribution in [2.24, 2.45) is 0 Å². The fourth-order valence-corrected chi connectivity index (χ4v) is 2.01. The second kappa shape index (κ2) is 5.51. The van der Waals surface area contributed by atoms with Gasteiger partial charge in [-0.2, -0.15) is 0 Å². The summed E-state index contributed by atoms with van der Waals surface area (Å²) in [5.41, 5.74) is 3.46. The highest BCUT2D eigenvalue weighted by Gasteiger charge is 2.05. The molecule has 0 aliphatic rings. The van der Waals surface area contributed by atoms with Crippen LogP contribution in [-0.2, 0) is 6.54 Å². The summed E-state index contributed by atoms with van der Waals surface area (Å²) in [5, 5.41) is 3.64. The summed E-state index contributed by atoms with van der Waals surface area (Å²) in [5.74, 6) is -0.196. The van der Waals surface area contributed by atoms with E-state index in [-0.39, 0.29) is 5.82 Å². The molecule has 0 amide bonds. The van der Waals surface area contributed by atoms with Crippen molar-refractivity contribution >= 4 is 11.6 Å². The number of hydrogen-bond acceptors (Lipinski definition) is 1. The second-order valence-corrected chi connectivity index (χ2v) is 4.71. The summed E-state index contributed by atoms with van der Waals surface area (Å²) in [6, 6.07) is 11.0. The van der Waals surface area contributed by atoms with Crippen LogP contribution in [0, 0.1) is 12.7 Å². The molecule has 1 nitrogen and oxygen atoms in total. The number of nitrogens with one attached hydrogen (secondary N) is 1. The molecule has 18 heavy (non-hydrogen) atoms. The Balaban J connectivity index is 2.39. The first-order valence-corrected chi connectivity index (χ1v) is 6.19. The molecular formula is C15H15ClFN. The lowest BCUT2D eigenvalue weighted by atomic mass is 10.0. The molecule has 1 N–H and O–H groups in total. The molecule has 0 saturated heterocycles. The third kappa shape index (κ3) is 2.71. The van der Waals surface area contributed by atoms with Gasteiger partial charge in [-0.15, -0.1) is 0 Å². The molecule has 94 valence electrons. The number of hydrogen-bond donors (Lipinski definition) is 1. The Bertz CT molecular complexity index is 566. The Morgan fingerprint density at radius 3 is 2.39 bits per heavy atom. The molecule has 0 aliphatic heterocycles. The van der Waals surface area contributed by atoms with Gasteiger partial charge in [-0.1, -0.05) is 35.9 Å². The van der Waals surface area contributed by atoms with Gasteiger partial charge >= 0.3 is 0 Å². The minimum Gasteiger partial charge on any atom is -0.316 e. The first kappa shape index (κ1) is 13.1. The molecule has 0 fully saturated rings. The van der Waals surface area contributed by atoms with Crippen molar-refractivity contribution in [3.8, 4) is 11.1 Å². The van der Waals surface area contributed by atoms with Crippen LogP contribution >= 0.6 is 11.6 Å². The van der Waals surface area contributed by atoms with Gasteiger partial charge in [-0.3, -0.25) is 0 Å². The van der Waals surface area contributed by atoms with E-state index in [0.29, 0.717) is 17.1 Å². The molecule has 0 bridgehead atoms. The Kier molecular flexibility index (Phi) is 4.00. The van der Waals surface area contributed by atoms with Crippen LogP contribution in [0.3, 0.4) is 0 Å². The van der Waals surface area contributed by atoms with Gasteiger partial charge in [-0.25, -0.2) is 4.39 Å². The van der Waals surface area contributed by atoms with Crippen molar-refractivity contribution < 1.29 is 4.39 Å². The summed E-state index contributed by atoms with van der Waals surface area (Å²) in [6.45, 7) is 2.48. The van der Waals surface area contributed by atoms with Crippen LogP contribution in [0.25, 0.3) is 11.1 Å². The maximum Gasteiger partial charge on any atom is 0.128 e. The van der Waals surface area contributed by atoms with Gasteiger partial charge in [0.1, 0.15) is 5.82 Å². The zero-order valence-corrected chi connectivity index (χ0v) is 11.2. The number of benzene rings is 2. The molecule has 3 heteroatoms. The van der Waals surface area contributed by atoms with Crippen molar-refractivity contribution in [1.29, 1.82) is 0 Å². The minimum absolute atomic E-state index is 0.196. The largest absolute Gasteiger partial charge is 0.316 e. The highest BCUT2D eigenvalue weighted by molar-refractivity contribution is 6.31. The summed E-state index contributed by atoms with van der Waals surface area (Å²) >= 11 is 6.08. The first-order valence-electron chi connectivity index (χ1n) is 5.81. The topological polar surface area (TPSA) is 12.0 Å². The SMILES string of the molecule is CNCc1ccc(-c2ccc(C)c(Cl)c2)cc1F. The standard InChI is InChI=1S/C15H15ClFN/c1-10-3-4-11(7-14(10)16)12-5-6-13(9-18-2)15(17)8-12/h3-8,18H,9H2,1-2H3. The highest BCUT2D eigenvalue weighted by Crippen LogP contribution is 2.26. The lowest BCUT2D eigenvalue weighted by Gasteiger charge is -2.07. The minimum atomic E-state index is -0.196. The molecule has 0 unspecified atom stereocenters. The van der Waals surface area contributed by atoms with Crippen LogP contribution in [0.5, 0.6) is 0 Å². The fourth-order valence-electron chi connectivity index (χ4n) is 1.83. The van der Waals surface area contributed by atoms with E-state index < -0.39 is 0 Å². The second-order valence-electron chi connectivity index (χ2n) is 4.30. The Labute approximate surface area is 112 Å². The van der Waals surface area contributed by atoms with Crippen molar-refractivity contribution in [2.75, 3.05) is 7.05 Å². The quantitative estimate of drug-likeness (QED) is 0.876. The molecule has 0 atom stereocenters. The van der Waals surface area contributed by atoms with Crippen LogP contribution in [0.1, 0.15) is 11.1 Å². The smallest absolute Gasteiger partial charge is 0.128 e. The monoisotopic (exact) mass is 263 g/mol. The maximum atomic E-state index is 13.8. The third-order valence-electron chi connectivity index (χ3n) is 2.93. The summed E-state index contributed by atoms with van der Waals surface area (Å²) in [6.07, 6.45) is 0. The average Bonchev–Trinajstić information content (AvgIpc) is 2.35. The first-order chi connectivity index (χ1) is 8.61. The molecule has 2 rings (SSSR count). The Morgan fingerprint density at radius 1 is 1.11 bits per heavy atom. The van der Waals surface area contributed by atoms with Crippen LogP contribution in [0.2, 0.25) is 5.02 Å². The van der Waals surface area contributed by atoms with E-state index in [1.807, 2.05) is 31.2 Å². The Hall–Kier alpha value is -1.38. The van der Waals surface area contributed by atoms with E-state index >= 15 is 0 Å². The van der Waals surface area contributed by atoms with E-state index in [4.69, 9.17) is 11.6 Å². The normalized spacial score (nSPS) is 10.7. The average molecular weight is 264 g/mol. The molecule has 0 saturated carbocycles. The highest BCUT2D eigenvalue weighted by atomic mass is 35.5. The molecule has 0 aliphatic carbocycles. The van der Waals surface area contributed by atoms with Gasteiger partial charge in [-0.05, 0) is 42.8 Å². The van der Waals surface area contributed by atoms with Crippen LogP contribution in [0.4, 0.5) is 4.39 Å². The predicted molar refractivity (Wildman–Crippen MR) is 74.3 cm³/mol. The zero-order chi connectivity index (χ0) is 13.1. The lowest BCUT2D eigenvalue weighted by molar-refractivity contribution is 0.601. The van der Waals surface area contributed by atoms with Gasteiger partial charge in [0.15, 0.2) is 0 Å². The molecule has 0 spiro atoms. The van der Waals surface area contributed by atoms with Crippen LogP contribution in [0.15, 0.2) is 36.4 Å². The zero-order valence-electron chi connectivity index (χ0n) is 10.4. The van der Waals surface area contributed by atoms with Gasteiger partial charge in [0.2, 0.25) is 0 Å². The summed E-state index contributed by atoms with van der Waals surface area (Å²) in [7, 11) is 1.80. The summed E-state index contributed by atoms with van der Waals surface area (Å²) < 4.78 is 13.8. The van der Waals surface area contributed by atoms with E-state index in [1.165, 1.54) is 0 Å². The lowest BCUT2D eigenvalue weighted by Crippen LogP contribution is -2.06. The summed E-state index contributed by atoms with van der Waals surface area (Å²) in [4.78, 5) is 0. The van der Waals surface area contributed by atoms with Gasteiger partial charge in [0, 0.05) is 17.1 Å². The van der Waals surface area contributed by atoms with Crippen molar-refractivity contribution in [1.82, 2.24) is 5.32 Å². The number of rotatable bonds is 3. The van der Waals surface area contributed by atoms with Gasteiger partial charge < -0.3 is 5.32 Å². The van der Waals surface area contributed by atoms with Gasteiger partial charge in [0.25, 0.3) is 0 Å². The molecule has 0 heterocycles. The molecule has 0 radical (unpaired) electrons. The molecular weight excluding hydrogens is 249 g/mol. The Morgan fingerprint density at radius 2 is 1.78 bits per heavy atom. The van der Waals surface area contributed by atoms with E-state index in [2.05, 4.69) is 5.32 Å². The molecule has 2 aromatic rings. The van der Waals surface area contributed by atoms with Crippen molar-refractivity contribution in [3.63, 3.8) is 0 Å². The molecule has 2 aromatic carbocycles. The maximum absolute atomic E-state index is 13.8. The van der Waals surface area contributed by atoms with Crippen molar-refractivity contribution in [3.05, 3.63) is 58.4 Å². The fraction of sp³-hybridized carbons (Fsp3) is 0.200. The predicted octanol–water partition coefficient (Wildman–Crippen LogP) is 4.17. The van der Waals surface area contributed by atoms with E-state index in [1.54, 1.807) is 19.2 Å². The van der Waals surface area contributed by atoms with Crippen LogP contribution < -0.4 is 5.32 Å². The molecule has 0 aromatic heterocycles. The van der Waals surface area contributed by atoms with E-state index in [9.17, 15) is 4.39 Å². The third-order valence-corrected chi connectivity index (χ3v) is 3.33. The van der Waals surface area contributed by atoms with Gasteiger partial charge in [0.05, 0.1) is 0 Å². The van der Waals surface area contributed by atoms with Crippen LogP contribution in [-0.4, -0.2) is 7.05 Å².